The second-order valence-electron chi connectivity index (χ2n) is 4.61. The van der Waals surface area contributed by atoms with Crippen molar-refractivity contribution in [2.75, 3.05) is 13.7 Å². The highest BCUT2D eigenvalue weighted by Gasteiger charge is 2.19. The number of aryl methyl sites for hydroxylation is 2. The Hall–Kier alpha value is -1.81. The molecule has 0 spiro atoms. The normalized spacial score (nSPS) is 12.4. The summed E-state index contributed by atoms with van der Waals surface area (Å²) < 4.78 is 7.32. The van der Waals surface area contributed by atoms with Gasteiger partial charge in [-0.2, -0.15) is 0 Å². The predicted octanol–water partition coefficient (Wildman–Crippen LogP) is 2.44. The average Bonchev–Trinajstić information content (AvgIpc) is 2.82. The number of methoxy groups -OCH3 is 1. The van der Waals surface area contributed by atoms with Gasteiger partial charge in [0, 0.05) is 19.4 Å². The molecule has 0 fully saturated rings. The number of imidazole rings is 1. The molecule has 102 valence electrons. The molecular formula is C15H21N3O. The molecule has 2 rings (SSSR count). The van der Waals surface area contributed by atoms with Crippen LogP contribution in [0.1, 0.15) is 29.9 Å². The highest BCUT2D eigenvalue weighted by atomic mass is 16.5. The molecule has 0 bridgehead atoms. The molecule has 0 aliphatic heterocycles. The van der Waals surface area contributed by atoms with Crippen LogP contribution in [0.3, 0.4) is 0 Å². The van der Waals surface area contributed by atoms with Crippen LogP contribution in [0, 0.1) is 6.92 Å². The third kappa shape index (κ3) is 2.79. The standard InChI is InChI=1S/C15H21N3O/c1-5-16-14(15-17-8-9-18(15)3)13-7-6-12(19-4)10-11(13)2/h6-10,14,16H,5H2,1-4H3. The van der Waals surface area contributed by atoms with E-state index < -0.39 is 0 Å². The van der Waals surface area contributed by atoms with E-state index in [1.165, 1.54) is 11.1 Å². The molecule has 0 saturated carbocycles. The van der Waals surface area contributed by atoms with Crippen LogP contribution in [-0.4, -0.2) is 23.2 Å². The molecule has 0 amide bonds. The fourth-order valence-electron chi connectivity index (χ4n) is 2.30. The molecule has 1 atom stereocenters. The van der Waals surface area contributed by atoms with E-state index in [0.29, 0.717) is 0 Å². The zero-order valence-corrected chi connectivity index (χ0v) is 12.0. The van der Waals surface area contributed by atoms with Gasteiger partial charge in [0.1, 0.15) is 11.6 Å². The monoisotopic (exact) mass is 259 g/mol. The molecule has 2 aromatic rings. The van der Waals surface area contributed by atoms with Crippen molar-refractivity contribution in [3.8, 4) is 5.75 Å². The topological polar surface area (TPSA) is 39.1 Å². The molecule has 0 aliphatic rings. The van der Waals surface area contributed by atoms with Gasteiger partial charge in [0.15, 0.2) is 0 Å². The summed E-state index contributed by atoms with van der Waals surface area (Å²) in [7, 11) is 3.71. The van der Waals surface area contributed by atoms with E-state index in [1.807, 2.05) is 25.5 Å². The first-order valence-corrected chi connectivity index (χ1v) is 6.52. The summed E-state index contributed by atoms with van der Waals surface area (Å²) in [4.78, 5) is 4.46. The number of nitrogens with one attached hydrogen (secondary N) is 1. The number of benzene rings is 1. The van der Waals surface area contributed by atoms with Crippen molar-refractivity contribution in [3.63, 3.8) is 0 Å². The Kier molecular flexibility index (Phi) is 4.22. The summed E-state index contributed by atoms with van der Waals surface area (Å²) in [5.74, 6) is 1.91. The van der Waals surface area contributed by atoms with Crippen molar-refractivity contribution >= 4 is 0 Å². The Morgan fingerprint density at radius 1 is 1.42 bits per heavy atom. The summed E-state index contributed by atoms with van der Waals surface area (Å²) in [5, 5.41) is 3.50. The summed E-state index contributed by atoms with van der Waals surface area (Å²) in [6.45, 7) is 5.10. The maximum Gasteiger partial charge on any atom is 0.130 e. The van der Waals surface area contributed by atoms with E-state index >= 15 is 0 Å². The number of aromatic nitrogens is 2. The lowest BCUT2D eigenvalue weighted by Gasteiger charge is -2.20. The lowest BCUT2D eigenvalue weighted by Crippen LogP contribution is -2.25. The van der Waals surface area contributed by atoms with Gasteiger partial charge in [-0.05, 0) is 36.7 Å². The molecule has 19 heavy (non-hydrogen) atoms. The lowest BCUT2D eigenvalue weighted by molar-refractivity contribution is 0.414. The third-order valence-corrected chi connectivity index (χ3v) is 3.31. The first-order chi connectivity index (χ1) is 9.17. The molecular weight excluding hydrogens is 238 g/mol. The molecule has 1 heterocycles. The van der Waals surface area contributed by atoms with Gasteiger partial charge in [-0.25, -0.2) is 4.98 Å². The zero-order chi connectivity index (χ0) is 13.8. The van der Waals surface area contributed by atoms with E-state index in [2.05, 4.69) is 40.8 Å². The van der Waals surface area contributed by atoms with Crippen LogP contribution >= 0.6 is 0 Å². The Bertz CT molecular complexity index is 548. The highest BCUT2D eigenvalue weighted by molar-refractivity contribution is 5.39. The maximum absolute atomic E-state index is 5.26. The number of rotatable bonds is 5. The van der Waals surface area contributed by atoms with E-state index in [9.17, 15) is 0 Å². The van der Waals surface area contributed by atoms with Crippen molar-refractivity contribution in [2.24, 2.45) is 7.05 Å². The van der Waals surface area contributed by atoms with Gasteiger partial charge in [0.05, 0.1) is 13.2 Å². The predicted molar refractivity (Wildman–Crippen MR) is 76.5 cm³/mol. The number of ether oxygens (including phenoxy) is 1. The maximum atomic E-state index is 5.26. The Morgan fingerprint density at radius 2 is 2.21 bits per heavy atom. The first kappa shape index (κ1) is 13.6. The zero-order valence-electron chi connectivity index (χ0n) is 12.0. The van der Waals surface area contributed by atoms with Crippen molar-refractivity contribution in [2.45, 2.75) is 19.9 Å². The summed E-state index contributed by atoms with van der Waals surface area (Å²) in [6.07, 6.45) is 3.80. The number of nitrogens with zero attached hydrogens (tertiary/aromatic N) is 2. The smallest absolute Gasteiger partial charge is 0.130 e. The molecule has 0 aliphatic carbocycles. The molecule has 1 aromatic heterocycles. The Balaban J connectivity index is 2.42. The van der Waals surface area contributed by atoms with Crippen LogP contribution < -0.4 is 10.1 Å². The van der Waals surface area contributed by atoms with Crippen LogP contribution in [0.25, 0.3) is 0 Å². The van der Waals surface area contributed by atoms with Crippen LogP contribution in [0.5, 0.6) is 5.75 Å². The molecule has 1 N–H and O–H groups in total. The van der Waals surface area contributed by atoms with Crippen LogP contribution in [0.15, 0.2) is 30.6 Å². The Labute approximate surface area is 114 Å². The van der Waals surface area contributed by atoms with Crippen LogP contribution in [-0.2, 0) is 7.05 Å². The average molecular weight is 259 g/mol. The van der Waals surface area contributed by atoms with Gasteiger partial charge in [-0.3, -0.25) is 0 Å². The minimum Gasteiger partial charge on any atom is -0.497 e. The Morgan fingerprint density at radius 3 is 2.74 bits per heavy atom. The van der Waals surface area contributed by atoms with Gasteiger partial charge in [0.25, 0.3) is 0 Å². The summed E-state index contributed by atoms with van der Waals surface area (Å²) >= 11 is 0. The molecule has 1 aromatic carbocycles. The third-order valence-electron chi connectivity index (χ3n) is 3.31. The van der Waals surface area contributed by atoms with Crippen molar-refractivity contribution in [3.05, 3.63) is 47.5 Å². The summed E-state index contributed by atoms with van der Waals surface area (Å²) in [5.41, 5.74) is 2.44. The molecule has 0 radical (unpaired) electrons. The van der Waals surface area contributed by atoms with Crippen molar-refractivity contribution < 1.29 is 4.74 Å². The summed E-state index contributed by atoms with van der Waals surface area (Å²) in [6, 6.07) is 6.27. The van der Waals surface area contributed by atoms with Gasteiger partial charge in [0.2, 0.25) is 0 Å². The van der Waals surface area contributed by atoms with Crippen molar-refractivity contribution in [1.82, 2.24) is 14.9 Å². The SMILES string of the molecule is CCNC(c1ccc(OC)cc1C)c1nccn1C. The number of hydrogen-bond acceptors (Lipinski definition) is 3. The fraction of sp³-hybridized carbons (Fsp3) is 0.400. The lowest BCUT2D eigenvalue weighted by atomic mass is 10.00. The van der Waals surface area contributed by atoms with E-state index in [0.717, 1.165) is 18.1 Å². The highest BCUT2D eigenvalue weighted by Crippen LogP contribution is 2.26. The molecule has 1 unspecified atom stereocenters. The van der Waals surface area contributed by atoms with E-state index in [1.54, 1.807) is 7.11 Å². The van der Waals surface area contributed by atoms with Crippen molar-refractivity contribution in [1.29, 1.82) is 0 Å². The molecule has 4 heteroatoms. The number of hydrogen-bond donors (Lipinski definition) is 1. The van der Waals surface area contributed by atoms with Gasteiger partial charge >= 0.3 is 0 Å². The quantitative estimate of drug-likeness (QED) is 0.896. The van der Waals surface area contributed by atoms with Gasteiger partial charge in [-0.15, -0.1) is 0 Å². The van der Waals surface area contributed by atoms with Gasteiger partial charge in [-0.1, -0.05) is 13.0 Å². The van der Waals surface area contributed by atoms with E-state index in [-0.39, 0.29) is 6.04 Å². The van der Waals surface area contributed by atoms with Gasteiger partial charge < -0.3 is 14.6 Å². The first-order valence-electron chi connectivity index (χ1n) is 6.52. The second-order valence-corrected chi connectivity index (χ2v) is 4.61. The van der Waals surface area contributed by atoms with Crippen LogP contribution in [0.4, 0.5) is 0 Å². The minimum atomic E-state index is 0.107. The van der Waals surface area contributed by atoms with E-state index in [4.69, 9.17) is 4.74 Å². The molecule has 4 nitrogen and oxygen atoms in total. The largest absolute Gasteiger partial charge is 0.497 e. The molecule has 0 saturated heterocycles. The fourth-order valence-corrected chi connectivity index (χ4v) is 2.30. The second kappa shape index (κ2) is 5.89. The van der Waals surface area contributed by atoms with Crippen LogP contribution in [0.2, 0.25) is 0 Å². The minimum absolute atomic E-state index is 0.107.